The van der Waals surface area contributed by atoms with Crippen LogP contribution in [0.15, 0.2) is 24.3 Å². The predicted octanol–water partition coefficient (Wildman–Crippen LogP) is 4.03. The van der Waals surface area contributed by atoms with E-state index in [1.807, 2.05) is 0 Å². The molecule has 2 nitrogen and oxygen atoms in total. The van der Waals surface area contributed by atoms with E-state index < -0.39 is 0 Å². The Kier molecular flexibility index (Phi) is 3.34. The van der Waals surface area contributed by atoms with Gasteiger partial charge < -0.3 is 4.74 Å². The molecule has 2 aliphatic rings. The van der Waals surface area contributed by atoms with Crippen LogP contribution in [0.25, 0.3) is 0 Å². The van der Waals surface area contributed by atoms with E-state index in [1.54, 1.807) is 0 Å². The van der Waals surface area contributed by atoms with Crippen molar-refractivity contribution in [2.75, 3.05) is 0 Å². The zero-order valence-electron chi connectivity index (χ0n) is 12.5. The highest BCUT2D eigenvalue weighted by molar-refractivity contribution is 5.33. The molecule has 0 radical (unpaired) electrons. The molecule has 1 aromatic rings. The zero-order valence-corrected chi connectivity index (χ0v) is 12.5. The van der Waals surface area contributed by atoms with Crippen molar-refractivity contribution in [2.45, 2.75) is 64.1 Å². The van der Waals surface area contributed by atoms with Gasteiger partial charge >= 0.3 is 0 Å². The van der Waals surface area contributed by atoms with Gasteiger partial charge in [-0.25, -0.2) is 0 Å². The molecule has 2 atom stereocenters. The second-order valence-electron chi connectivity index (χ2n) is 7.08. The number of aryl methyl sites for hydroxylation is 1. The summed E-state index contributed by atoms with van der Waals surface area (Å²) in [6, 6.07) is 11.2. The zero-order chi connectivity index (χ0) is 14.2. The molecular weight excluding hydrogens is 246 g/mol. The SMILES string of the molecule is CC1(C)CCC(CC2(C#N)CCc3ccccc3C2)O1. The fourth-order valence-electron chi connectivity index (χ4n) is 3.77. The average molecular weight is 269 g/mol. The number of nitrogens with zero attached hydrogens (tertiary/aromatic N) is 1. The number of fused-ring (bicyclic) bond motifs is 1. The number of hydrogen-bond acceptors (Lipinski definition) is 2. The summed E-state index contributed by atoms with van der Waals surface area (Å²) in [6.07, 6.45) is 6.24. The van der Waals surface area contributed by atoms with Crippen molar-refractivity contribution in [3.05, 3.63) is 35.4 Å². The summed E-state index contributed by atoms with van der Waals surface area (Å²) in [5.41, 5.74) is 2.55. The number of benzene rings is 1. The lowest BCUT2D eigenvalue weighted by Crippen LogP contribution is -2.32. The molecule has 0 bridgehead atoms. The average Bonchev–Trinajstić information content (AvgIpc) is 2.77. The van der Waals surface area contributed by atoms with Crippen molar-refractivity contribution in [1.29, 1.82) is 5.26 Å². The van der Waals surface area contributed by atoms with E-state index in [0.717, 1.165) is 38.5 Å². The Morgan fingerprint density at radius 3 is 2.65 bits per heavy atom. The lowest BCUT2D eigenvalue weighted by molar-refractivity contribution is -0.0311. The van der Waals surface area contributed by atoms with E-state index in [1.165, 1.54) is 11.1 Å². The molecule has 0 amide bonds. The van der Waals surface area contributed by atoms with Gasteiger partial charge in [-0.05, 0) is 63.5 Å². The fourth-order valence-corrected chi connectivity index (χ4v) is 3.77. The van der Waals surface area contributed by atoms with Crippen molar-refractivity contribution < 1.29 is 4.74 Å². The minimum Gasteiger partial charge on any atom is -0.372 e. The summed E-state index contributed by atoms with van der Waals surface area (Å²) in [5.74, 6) is 0. The van der Waals surface area contributed by atoms with Crippen LogP contribution in [0.4, 0.5) is 0 Å². The number of nitriles is 1. The Morgan fingerprint density at radius 1 is 1.25 bits per heavy atom. The molecule has 106 valence electrons. The maximum atomic E-state index is 9.75. The largest absolute Gasteiger partial charge is 0.372 e. The highest BCUT2D eigenvalue weighted by atomic mass is 16.5. The van der Waals surface area contributed by atoms with Crippen LogP contribution in [0.1, 0.15) is 50.7 Å². The Bertz CT molecular complexity index is 543. The first-order valence-corrected chi connectivity index (χ1v) is 7.68. The molecule has 0 saturated carbocycles. The van der Waals surface area contributed by atoms with Gasteiger partial charge in [0.2, 0.25) is 0 Å². The fraction of sp³-hybridized carbons (Fsp3) is 0.611. The Labute approximate surface area is 121 Å². The highest BCUT2D eigenvalue weighted by Gasteiger charge is 2.41. The third kappa shape index (κ3) is 2.60. The van der Waals surface area contributed by atoms with E-state index in [4.69, 9.17) is 4.74 Å². The van der Waals surface area contributed by atoms with Crippen LogP contribution in [-0.2, 0) is 17.6 Å². The summed E-state index contributed by atoms with van der Waals surface area (Å²) >= 11 is 0. The van der Waals surface area contributed by atoms with Crippen LogP contribution in [0, 0.1) is 16.7 Å². The molecule has 1 aliphatic carbocycles. The summed E-state index contributed by atoms with van der Waals surface area (Å²) in [6.45, 7) is 4.31. The van der Waals surface area contributed by atoms with E-state index >= 15 is 0 Å². The van der Waals surface area contributed by atoms with Crippen LogP contribution >= 0.6 is 0 Å². The molecule has 1 aromatic carbocycles. The maximum Gasteiger partial charge on any atom is 0.0694 e. The molecule has 20 heavy (non-hydrogen) atoms. The van der Waals surface area contributed by atoms with Crippen molar-refractivity contribution in [1.82, 2.24) is 0 Å². The van der Waals surface area contributed by atoms with Crippen molar-refractivity contribution in [3.8, 4) is 6.07 Å². The summed E-state index contributed by atoms with van der Waals surface area (Å²) in [4.78, 5) is 0. The van der Waals surface area contributed by atoms with E-state index in [0.29, 0.717) is 0 Å². The van der Waals surface area contributed by atoms with E-state index in [-0.39, 0.29) is 17.1 Å². The molecule has 1 fully saturated rings. The Hall–Kier alpha value is -1.33. The van der Waals surface area contributed by atoms with Crippen LogP contribution in [0.5, 0.6) is 0 Å². The first-order chi connectivity index (χ1) is 9.52. The first-order valence-electron chi connectivity index (χ1n) is 7.68. The summed E-state index contributed by atoms with van der Waals surface area (Å²) < 4.78 is 6.12. The van der Waals surface area contributed by atoms with Crippen molar-refractivity contribution in [3.63, 3.8) is 0 Å². The normalized spacial score (nSPS) is 31.6. The molecule has 2 unspecified atom stereocenters. The second kappa shape index (κ2) is 4.90. The van der Waals surface area contributed by atoms with Gasteiger partial charge in [0.15, 0.2) is 0 Å². The lowest BCUT2D eigenvalue weighted by atomic mass is 9.69. The molecule has 0 spiro atoms. The molecule has 0 N–H and O–H groups in total. The summed E-state index contributed by atoms with van der Waals surface area (Å²) in [5, 5.41) is 9.75. The van der Waals surface area contributed by atoms with Gasteiger partial charge in [0.1, 0.15) is 0 Å². The Morgan fingerprint density at radius 2 is 2.00 bits per heavy atom. The molecule has 1 saturated heterocycles. The van der Waals surface area contributed by atoms with Gasteiger partial charge in [-0.3, -0.25) is 0 Å². The van der Waals surface area contributed by atoms with Gasteiger partial charge in [-0.1, -0.05) is 24.3 Å². The quantitative estimate of drug-likeness (QED) is 0.812. The molecule has 2 heteroatoms. The van der Waals surface area contributed by atoms with E-state index in [9.17, 15) is 5.26 Å². The van der Waals surface area contributed by atoms with Gasteiger partial charge in [-0.2, -0.15) is 5.26 Å². The maximum absolute atomic E-state index is 9.75. The lowest BCUT2D eigenvalue weighted by Gasteiger charge is -2.34. The van der Waals surface area contributed by atoms with Crippen molar-refractivity contribution >= 4 is 0 Å². The van der Waals surface area contributed by atoms with Crippen LogP contribution in [0.2, 0.25) is 0 Å². The minimum atomic E-state index is -0.223. The van der Waals surface area contributed by atoms with Gasteiger partial charge in [-0.15, -0.1) is 0 Å². The van der Waals surface area contributed by atoms with Gasteiger partial charge in [0.05, 0.1) is 23.2 Å². The molecule has 3 rings (SSSR count). The highest BCUT2D eigenvalue weighted by Crippen LogP contribution is 2.42. The second-order valence-corrected chi connectivity index (χ2v) is 7.08. The minimum absolute atomic E-state index is 0.00607. The first kappa shape index (κ1) is 13.6. The topological polar surface area (TPSA) is 33.0 Å². The molecular formula is C18H23NO. The number of ether oxygens (including phenoxy) is 1. The third-order valence-electron chi connectivity index (χ3n) is 4.93. The number of hydrogen-bond donors (Lipinski definition) is 0. The molecule has 1 aliphatic heterocycles. The summed E-state index contributed by atoms with van der Waals surface area (Å²) in [7, 11) is 0. The molecule has 1 heterocycles. The smallest absolute Gasteiger partial charge is 0.0694 e. The standard InChI is InChI=1S/C18H23NO/c1-17(2)9-8-16(20-17)12-18(13-19)10-7-14-5-3-4-6-15(14)11-18/h3-6,16H,7-12H2,1-2H3. The van der Waals surface area contributed by atoms with Crippen LogP contribution in [-0.4, -0.2) is 11.7 Å². The van der Waals surface area contributed by atoms with Crippen LogP contribution in [0.3, 0.4) is 0 Å². The van der Waals surface area contributed by atoms with E-state index in [2.05, 4.69) is 44.2 Å². The number of rotatable bonds is 2. The third-order valence-corrected chi connectivity index (χ3v) is 4.93. The Balaban J connectivity index is 1.76. The van der Waals surface area contributed by atoms with Crippen LogP contribution < -0.4 is 0 Å². The van der Waals surface area contributed by atoms with Gasteiger partial charge in [0.25, 0.3) is 0 Å². The van der Waals surface area contributed by atoms with Gasteiger partial charge in [0, 0.05) is 0 Å². The monoisotopic (exact) mass is 269 g/mol. The predicted molar refractivity (Wildman–Crippen MR) is 79.3 cm³/mol. The molecule has 0 aromatic heterocycles. The van der Waals surface area contributed by atoms with Crippen molar-refractivity contribution in [2.24, 2.45) is 5.41 Å².